The van der Waals surface area contributed by atoms with E-state index >= 15 is 0 Å². The maximum absolute atomic E-state index is 12.4. The molecule has 0 atom stereocenters. The van der Waals surface area contributed by atoms with Crippen LogP contribution in [0.5, 0.6) is 0 Å². The fourth-order valence-electron chi connectivity index (χ4n) is 2.11. The van der Waals surface area contributed by atoms with E-state index in [1.54, 1.807) is 12.2 Å². The molecule has 2 rings (SSSR count). The van der Waals surface area contributed by atoms with Crippen LogP contribution in [0.25, 0.3) is 0 Å². The van der Waals surface area contributed by atoms with E-state index in [4.69, 9.17) is 0 Å². The predicted octanol–water partition coefficient (Wildman–Crippen LogP) is 3.65. The minimum atomic E-state index is -3.21. The fourth-order valence-corrected chi connectivity index (χ4v) is 3.79. The highest BCUT2D eigenvalue weighted by Crippen LogP contribution is 2.28. The Bertz CT molecular complexity index is 450. The Kier molecular flexibility index (Phi) is 4.00. The molecule has 0 N–H and O–H groups in total. The van der Waals surface area contributed by atoms with Crippen LogP contribution < -0.4 is 0 Å². The molecule has 0 spiro atoms. The van der Waals surface area contributed by atoms with Gasteiger partial charge in [-0.2, -0.15) is 0 Å². The third kappa shape index (κ3) is 2.97. The lowest BCUT2D eigenvalue weighted by Gasteiger charge is -2.10. The standard InChI is InChI=1S/C14H18O2S/c15-17(16,13-9-5-1-2-6-10-13)14-11-7-3-4-8-12-14/h1,3,5,7,9,11H,2,4,6,8,10,12H2. The van der Waals surface area contributed by atoms with Crippen LogP contribution in [0.3, 0.4) is 0 Å². The summed E-state index contributed by atoms with van der Waals surface area (Å²) >= 11 is 0. The quantitative estimate of drug-likeness (QED) is 0.749. The third-order valence-corrected chi connectivity index (χ3v) is 5.18. The number of allylic oxidation sites excluding steroid dienone is 8. The largest absolute Gasteiger partial charge is 0.219 e. The van der Waals surface area contributed by atoms with Gasteiger partial charge in [-0.05, 0) is 50.7 Å². The predicted molar refractivity (Wildman–Crippen MR) is 71.1 cm³/mol. The van der Waals surface area contributed by atoms with Crippen LogP contribution in [0, 0.1) is 0 Å². The molecule has 0 radical (unpaired) electrons. The third-order valence-electron chi connectivity index (χ3n) is 3.11. The van der Waals surface area contributed by atoms with Gasteiger partial charge in [0.25, 0.3) is 0 Å². The van der Waals surface area contributed by atoms with Gasteiger partial charge in [-0.25, -0.2) is 8.42 Å². The first-order chi connectivity index (χ1) is 8.21. The van der Waals surface area contributed by atoms with E-state index in [9.17, 15) is 8.42 Å². The molecule has 2 aliphatic carbocycles. The zero-order valence-corrected chi connectivity index (χ0v) is 10.7. The molecule has 0 aromatic rings. The molecular weight excluding hydrogens is 232 g/mol. The second kappa shape index (κ2) is 5.50. The molecular formula is C14H18O2S. The highest BCUT2D eigenvalue weighted by atomic mass is 32.2. The Morgan fingerprint density at radius 1 is 0.824 bits per heavy atom. The summed E-state index contributed by atoms with van der Waals surface area (Å²) in [6.45, 7) is 0. The first kappa shape index (κ1) is 12.4. The van der Waals surface area contributed by atoms with Gasteiger partial charge in [0.1, 0.15) is 0 Å². The molecule has 0 aliphatic heterocycles. The normalized spacial score (nSPS) is 21.4. The van der Waals surface area contributed by atoms with E-state index in [0.717, 1.165) is 25.7 Å². The van der Waals surface area contributed by atoms with Crippen LogP contribution in [0.15, 0.2) is 46.3 Å². The molecule has 17 heavy (non-hydrogen) atoms. The molecule has 0 saturated heterocycles. The average molecular weight is 250 g/mol. The Morgan fingerprint density at radius 2 is 1.29 bits per heavy atom. The number of hydrogen-bond donors (Lipinski definition) is 0. The molecule has 0 fully saturated rings. The van der Waals surface area contributed by atoms with Crippen molar-refractivity contribution in [2.45, 2.75) is 38.5 Å². The van der Waals surface area contributed by atoms with E-state index < -0.39 is 9.84 Å². The van der Waals surface area contributed by atoms with Crippen molar-refractivity contribution in [1.29, 1.82) is 0 Å². The number of rotatable bonds is 2. The van der Waals surface area contributed by atoms with Crippen LogP contribution in [0.2, 0.25) is 0 Å². The maximum atomic E-state index is 12.4. The molecule has 0 bridgehead atoms. The summed E-state index contributed by atoms with van der Waals surface area (Å²) in [5, 5.41) is 0. The van der Waals surface area contributed by atoms with Gasteiger partial charge in [0.15, 0.2) is 9.84 Å². The van der Waals surface area contributed by atoms with E-state index in [-0.39, 0.29) is 0 Å². The smallest absolute Gasteiger partial charge is 0.198 e. The second-order valence-corrected chi connectivity index (χ2v) is 6.47. The van der Waals surface area contributed by atoms with Gasteiger partial charge in [-0.3, -0.25) is 0 Å². The zero-order chi connectivity index (χ0) is 12.1. The van der Waals surface area contributed by atoms with E-state index in [1.807, 2.05) is 24.3 Å². The Balaban J connectivity index is 2.29. The summed E-state index contributed by atoms with van der Waals surface area (Å²) in [6, 6.07) is 0. The van der Waals surface area contributed by atoms with Crippen molar-refractivity contribution in [1.82, 2.24) is 0 Å². The van der Waals surface area contributed by atoms with E-state index in [1.165, 1.54) is 0 Å². The van der Waals surface area contributed by atoms with Crippen molar-refractivity contribution >= 4 is 9.84 Å². The Hall–Kier alpha value is -1.09. The van der Waals surface area contributed by atoms with Crippen LogP contribution in [0.1, 0.15) is 38.5 Å². The van der Waals surface area contributed by atoms with Crippen LogP contribution in [0.4, 0.5) is 0 Å². The SMILES string of the molecule is O=S(=O)(C1=CC=CCCC1)C1=CC=CCCC1. The molecule has 3 heteroatoms. The number of sulfone groups is 1. The summed E-state index contributed by atoms with van der Waals surface area (Å²) in [5.41, 5.74) is 0. The minimum absolute atomic E-state index is 0.577. The molecule has 92 valence electrons. The lowest BCUT2D eigenvalue weighted by Crippen LogP contribution is -2.07. The average Bonchev–Trinajstić information content (AvgIpc) is 2.74. The van der Waals surface area contributed by atoms with Crippen LogP contribution >= 0.6 is 0 Å². The van der Waals surface area contributed by atoms with Crippen molar-refractivity contribution in [2.24, 2.45) is 0 Å². The van der Waals surface area contributed by atoms with Crippen molar-refractivity contribution in [3.63, 3.8) is 0 Å². The van der Waals surface area contributed by atoms with Crippen molar-refractivity contribution in [3.8, 4) is 0 Å². The first-order valence-corrected chi connectivity index (χ1v) is 7.66. The van der Waals surface area contributed by atoms with Gasteiger partial charge >= 0.3 is 0 Å². The summed E-state index contributed by atoms with van der Waals surface area (Å²) in [7, 11) is -3.21. The van der Waals surface area contributed by atoms with Crippen molar-refractivity contribution in [3.05, 3.63) is 46.3 Å². The summed E-state index contributed by atoms with van der Waals surface area (Å²) in [4.78, 5) is 1.15. The second-order valence-electron chi connectivity index (χ2n) is 4.41. The van der Waals surface area contributed by atoms with Crippen LogP contribution in [-0.2, 0) is 9.84 Å². The summed E-state index contributed by atoms with van der Waals surface area (Å²) in [6.07, 6.45) is 16.4. The van der Waals surface area contributed by atoms with Gasteiger partial charge < -0.3 is 0 Å². The van der Waals surface area contributed by atoms with E-state index in [2.05, 4.69) is 0 Å². The molecule has 0 heterocycles. The highest BCUT2D eigenvalue weighted by molar-refractivity contribution is 7.98. The molecule has 0 unspecified atom stereocenters. The molecule has 2 nitrogen and oxygen atoms in total. The van der Waals surface area contributed by atoms with Crippen molar-refractivity contribution < 1.29 is 8.42 Å². The van der Waals surface area contributed by atoms with Crippen LogP contribution in [-0.4, -0.2) is 8.42 Å². The number of hydrogen-bond acceptors (Lipinski definition) is 2. The van der Waals surface area contributed by atoms with Gasteiger partial charge in [-0.15, -0.1) is 0 Å². The Labute approximate surface area is 103 Å². The van der Waals surface area contributed by atoms with Gasteiger partial charge in [0.05, 0.1) is 0 Å². The lowest BCUT2D eigenvalue weighted by atomic mass is 10.2. The Morgan fingerprint density at radius 3 is 1.76 bits per heavy atom. The fraction of sp³-hybridized carbons (Fsp3) is 0.429. The molecule has 0 aromatic heterocycles. The maximum Gasteiger partial charge on any atom is 0.198 e. The monoisotopic (exact) mass is 250 g/mol. The van der Waals surface area contributed by atoms with Gasteiger partial charge in [0.2, 0.25) is 0 Å². The summed E-state index contributed by atoms with van der Waals surface area (Å²) < 4.78 is 24.9. The van der Waals surface area contributed by atoms with Crippen molar-refractivity contribution in [2.75, 3.05) is 0 Å². The minimum Gasteiger partial charge on any atom is -0.219 e. The van der Waals surface area contributed by atoms with Gasteiger partial charge in [-0.1, -0.05) is 24.3 Å². The van der Waals surface area contributed by atoms with Gasteiger partial charge in [0, 0.05) is 9.81 Å². The molecule has 0 aromatic carbocycles. The first-order valence-electron chi connectivity index (χ1n) is 6.18. The molecule has 0 saturated carbocycles. The lowest BCUT2D eigenvalue weighted by molar-refractivity contribution is 0.602. The highest BCUT2D eigenvalue weighted by Gasteiger charge is 2.22. The molecule has 2 aliphatic rings. The zero-order valence-electron chi connectivity index (χ0n) is 9.93. The van der Waals surface area contributed by atoms with E-state index in [0.29, 0.717) is 22.7 Å². The summed E-state index contributed by atoms with van der Waals surface area (Å²) in [5.74, 6) is 0. The molecule has 0 amide bonds. The topological polar surface area (TPSA) is 34.1 Å².